The third-order valence-corrected chi connectivity index (χ3v) is 5.57. The number of aromatic nitrogens is 1. The SMILES string of the molecule is Cc1ncsc1CNC1CSCC(C)(C)C1. The summed E-state index contributed by atoms with van der Waals surface area (Å²) in [5.74, 6) is 2.55. The fourth-order valence-electron chi connectivity index (χ4n) is 2.13. The molecule has 1 aliphatic heterocycles. The van der Waals surface area contributed by atoms with Crippen LogP contribution in [0.15, 0.2) is 5.51 Å². The Morgan fingerprint density at radius 2 is 2.38 bits per heavy atom. The van der Waals surface area contributed by atoms with Gasteiger partial charge in [0.05, 0.1) is 11.2 Å². The summed E-state index contributed by atoms with van der Waals surface area (Å²) in [6.07, 6.45) is 1.29. The van der Waals surface area contributed by atoms with E-state index in [1.807, 2.05) is 5.51 Å². The Bertz CT molecular complexity index is 347. The second kappa shape index (κ2) is 5.07. The van der Waals surface area contributed by atoms with E-state index in [1.165, 1.54) is 28.5 Å². The van der Waals surface area contributed by atoms with E-state index < -0.39 is 0 Å². The molecule has 1 atom stereocenters. The lowest BCUT2D eigenvalue weighted by Crippen LogP contribution is -2.39. The number of hydrogen-bond acceptors (Lipinski definition) is 4. The molecule has 1 aliphatic rings. The van der Waals surface area contributed by atoms with Gasteiger partial charge in [0, 0.05) is 23.2 Å². The first kappa shape index (κ1) is 12.4. The Hall–Kier alpha value is -0.0600. The van der Waals surface area contributed by atoms with Crippen LogP contribution in [0.5, 0.6) is 0 Å². The van der Waals surface area contributed by atoms with Crippen LogP contribution in [0, 0.1) is 12.3 Å². The highest BCUT2D eigenvalue weighted by Gasteiger charge is 2.28. The van der Waals surface area contributed by atoms with Gasteiger partial charge in [-0.3, -0.25) is 0 Å². The molecule has 0 bridgehead atoms. The Kier molecular flexibility index (Phi) is 3.93. The van der Waals surface area contributed by atoms with Crippen LogP contribution in [0.2, 0.25) is 0 Å². The van der Waals surface area contributed by atoms with Gasteiger partial charge in [0.1, 0.15) is 0 Å². The van der Waals surface area contributed by atoms with Crippen molar-refractivity contribution in [2.75, 3.05) is 11.5 Å². The van der Waals surface area contributed by atoms with Crippen LogP contribution in [0.4, 0.5) is 0 Å². The number of nitrogens with zero attached hydrogens (tertiary/aromatic N) is 1. The fraction of sp³-hybridized carbons (Fsp3) is 0.750. The Morgan fingerprint density at radius 1 is 1.56 bits per heavy atom. The lowest BCUT2D eigenvalue weighted by atomic mass is 9.88. The molecule has 1 saturated heterocycles. The summed E-state index contributed by atoms with van der Waals surface area (Å²) in [4.78, 5) is 5.67. The molecule has 0 saturated carbocycles. The maximum atomic E-state index is 4.28. The molecule has 4 heteroatoms. The third-order valence-electron chi connectivity index (χ3n) is 3.01. The zero-order chi connectivity index (χ0) is 11.6. The van der Waals surface area contributed by atoms with Gasteiger partial charge in [-0.25, -0.2) is 4.98 Å². The topological polar surface area (TPSA) is 24.9 Å². The van der Waals surface area contributed by atoms with Crippen LogP contribution in [0.1, 0.15) is 30.8 Å². The number of aryl methyl sites for hydroxylation is 1. The molecule has 1 fully saturated rings. The van der Waals surface area contributed by atoms with E-state index >= 15 is 0 Å². The molecule has 0 amide bonds. The highest BCUT2D eigenvalue weighted by molar-refractivity contribution is 7.99. The molecule has 16 heavy (non-hydrogen) atoms. The van der Waals surface area contributed by atoms with Gasteiger partial charge in [-0.05, 0) is 24.5 Å². The molecule has 0 aliphatic carbocycles. The largest absolute Gasteiger partial charge is 0.308 e. The Morgan fingerprint density at radius 3 is 3.00 bits per heavy atom. The van der Waals surface area contributed by atoms with Crippen molar-refractivity contribution in [3.8, 4) is 0 Å². The van der Waals surface area contributed by atoms with E-state index in [2.05, 4.69) is 42.8 Å². The number of hydrogen-bond donors (Lipinski definition) is 1. The van der Waals surface area contributed by atoms with Crippen molar-refractivity contribution in [3.63, 3.8) is 0 Å². The minimum Gasteiger partial charge on any atom is -0.308 e. The minimum absolute atomic E-state index is 0.489. The normalized spacial score (nSPS) is 24.6. The van der Waals surface area contributed by atoms with E-state index in [1.54, 1.807) is 11.3 Å². The van der Waals surface area contributed by atoms with Crippen molar-refractivity contribution < 1.29 is 0 Å². The summed E-state index contributed by atoms with van der Waals surface area (Å²) in [6.45, 7) is 7.81. The van der Waals surface area contributed by atoms with Crippen LogP contribution in [0.25, 0.3) is 0 Å². The summed E-state index contributed by atoms with van der Waals surface area (Å²) in [6, 6.07) is 0.662. The number of nitrogens with one attached hydrogen (secondary N) is 1. The van der Waals surface area contributed by atoms with Crippen LogP contribution in [0.3, 0.4) is 0 Å². The Balaban J connectivity index is 1.84. The molecule has 2 rings (SSSR count). The average Bonchev–Trinajstić information content (AvgIpc) is 2.60. The van der Waals surface area contributed by atoms with Crippen molar-refractivity contribution in [1.29, 1.82) is 0 Å². The van der Waals surface area contributed by atoms with Crippen LogP contribution < -0.4 is 5.32 Å². The van der Waals surface area contributed by atoms with Crippen LogP contribution in [-0.4, -0.2) is 22.5 Å². The predicted octanol–water partition coefficient (Wildman–Crippen LogP) is 3.07. The van der Waals surface area contributed by atoms with Crippen molar-refractivity contribution in [2.45, 2.75) is 39.8 Å². The first-order valence-electron chi connectivity index (χ1n) is 5.77. The quantitative estimate of drug-likeness (QED) is 0.899. The van der Waals surface area contributed by atoms with Crippen molar-refractivity contribution in [3.05, 3.63) is 16.1 Å². The molecule has 2 heterocycles. The minimum atomic E-state index is 0.489. The summed E-state index contributed by atoms with van der Waals surface area (Å²) in [5.41, 5.74) is 3.61. The second-order valence-electron chi connectivity index (χ2n) is 5.32. The molecule has 1 aromatic heterocycles. The van der Waals surface area contributed by atoms with Gasteiger partial charge in [-0.2, -0.15) is 11.8 Å². The van der Waals surface area contributed by atoms with Crippen LogP contribution >= 0.6 is 23.1 Å². The van der Waals surface area contributed by atoms with Crippen LogP contribution in [-0.2, 0) is 6.54 Å². The molecule has 2 nitrogen and oxygen atoms in total. The highest BCUT2D eigenvalue weighted by Crippen LogP contribution is 2.33. The lowest BCUT2D eigenvalue weighted by Gasteiger charge is -2.35. The molecule has 90 valence electrons. The highest BCUT2D eigenvalue weighted by atomic mass is 32.2. The smallest absolute Gasteiger partial charge is 0.0798 e. The second-order valence-corrected chi connectivity index (χ2v) is 7.29. The average molecular weight is 256 g/mol. The number of rotatable bonds is 3. The third kappa shape index (κ3) is 3.22. The van der Waals surface area contributed by atoms with E-state index in [4.69, 9.17) is 0 Å². The summed E-state index contributed by atoms with van der Waals surface area (Å²) in [7, 11) is 0. The summed E-state index contributed by atoms with van der Waals surface area (Å²) < 4.78 is 0. The van der Waals surface area contributed by atoms with Gasteiger partial charge in [0.25, 0.3) is 0 Å². The maximum absolute atomic E-state index is 4.28. The van der Waals surface area contributed by atoms with Gasteiger partial charge in [0.15, 0.2) is 0 Å². The standard InChI is InChI=1S/C12H20N2S2/c1-9-11(16-8-14-9)5-13-10-4-12(2,3)7-15-6-10/h8,10,13H,4-7H2,1-3H3. The van der Waals surface area contributed by atoms with Gasteiger partial charge < -0.3 is 5.32 Å². The first-order chi connectivity index (χ1) is 7.57. The zero-order valence-corrected chi connectivity index (χ0v) is 11.9. The number of thioether (sulfide) groups is 1. The molecule has 0 spiro atoms. The van der Waals surface area contributed by atoms with Crippen molar-refractivity contribution in [2.24, 2.45) is 5.41 Å². The molecule has 1 N–H and O–H groups in total. The fourth-order valence-corrected chi connectivity index (χ4v) is 4.16. The van der Waals surface area contributed by atoms with Gasteiger partial charge in [-0.15, -0.1) is 11.3 Å². The van der Waals surface area contributed by atoms with E-state index in [-0.39, 0.29) is 0 Å². The monoisotopic (exact) mass is 256 g/mol. The summed E-state index contributed by atoms with van der Waals surface area (Å²) in [5, 5.41) is 3.67. The molecular formula is C12H20N2S2. The first-order valence-corrected chi connectivity index (χ1v) is 7.80. The predicted molar refractivity (Wildman–Crippen MR) is 73.2 cm³/mol. The Labute approximate surface area is 106 Å². The maximum Gasteiger partial charge on any atom is 0.0798 e. The molecular weight excluding hydrogens is 236 g/mol. The lowest BCUT2D eigenvalue weighted by molar-refractivity contribution is 0.317. The molecule has 1 aromatic rings. The van der Waals surface area contributed by atoms with Gasteiger partial charge >= 0.3 is 0 Å². The summed E-state index contributed by atoms with van der Waals surface area (Å²) >= 11 is 3.83. The number of thiazole rings is 1. The van der Waals surface area contributed by atoms with Gasteiger partial charge in [-0.1, -0.05) is 13.8 Å². The van der Waals surface area contributed by atoms with E-state index in [0.29, 0.717) is 11.5 Å². The van der Waals surface area contributed by atoms with E-state index in [0.717, 1.165) is 6.54 Å². The van der Waals surface area contributed by atoms with E-state index in [9.17, 15) is 0 Å². The van der Waals surface area contributed by atoms with Gasteiger partial charge in [0.2, 0.25) is 0 Å². The molecule has 0 radical (unpaired) electrons. The molecule has 1 unspecified atom stereocenters. The zero-order valence-electron chi connectivity index (χ0n) is 10.2. The van der Waals surface area contributed by atoms with Crippen molar-refractivity contribution in [1.82, 2.24) is 10.3 Å². The molecule has 0 aromatic carbocycles. The van der Waals surface area contributed by atoms with Crippen molar-refractivity contribution >= 4 is 23.1 Å².